The average molecular weight is 218 g/mol. The van der Waals surface area contributed by atoms with Gasteiger partial charge in [0.15, 0.2) is 10.9 Å². The van der Waals surface area contributed by atoms with Gasteiger partial charge in [0, 0.05) is 0 Å². The Hall–Kier alpha value is -0.810. The van der Waals surface area contributed by atoms with E-state index < -0.39 is 0 Å². The molecule has 13 heavy (non-hydrogen) atoms. The zero-order valence-electron chi connectivity index (χ0n) is 7.17. The Kier molecular flexibility index (Phi) is 3.11. The van der Waals surface area contributed by atoms with Crippen molar-refractivity contribution in [1.82, 2.24) is 9.97 Å². The van der Waals surface area contributed by atoms with Crippen LogP contribution in [-0.4, -0.2) is 22.0 Å². The van der Waals surface area contributed by atoms with Crippen molar-refractivity contribution in [2.45, 2.75) is 12.1 Å². The largest absolute Gasteiger partial charge is 0.383 e. The van der Waals surface area contributed by atoms with Gasteiger partial charge in [0.25, 0.3) is 0 Å². The minimum atomic E-state index is -0.227. The lowest BCUT2D eigenvalue weighted by Gasteiger charge is -2.04. The van der Waals surface area contributed by atoms with Gasteiger partial charge in [0.1, 0.15) is 11.0 Å². The third kappa shape index (κ3) is 2.10. The number of nitrogen functional groups attached to an aromatic ring is 1. The second kappa shape index (κ2) is 3.93. The van der Waals surface area contributed by atoms with E-state index in [0.717, 1.165) is 0 Å². The zero-order chi connectivity index (χ0) is 10.0. The predicted molar refractivity (Wildman–Crippen MR) is 53.2 cm³/mol. The molecule has 0 aliphatic rings. The summed E-state index contributed by atoms with van der Waals surface area (Å²) < 4.78 is 0. The van der Waals surface area contributed by atoms with Gasteiger partial charge in [-0.05, 0) is 13.2 Å². The van der Waals surface area contributed by atoms with Crippen LogP contribution in [0.3, 0.4) is 0 Å². The Morgan fingerprint density at radius 3 is 2.54 bits per heavy atom. The van der Waals surface area contributed by atoms with E-state index in [1.165, 1.54) is 18.7 Å². The normalized spacial score (nSPS) is 10.1. The first-order valence-electron chi connectivity index (χ1n) is 3.44. The molecule has 2 N–H and O–H groups in total. The van der Waals surface area contributed by atoms with Crippen LogP contribution in [0.2, 0.25) is 5.15 Å². The fourth-order valence-electron chi connectivity index (χ4n) is 0.846. The van der Waals surface area contributed by atoms with Gasteiger partial charge in [-0.15, -0.1) is 0 Å². The van der Waals surface area contributed by atoms with Crippen molar-refractivity contribution in [2.24, 2.45) is 0 Å². The summed E-state index contributed by atoms with van der Waals surface area (Å²) in [5, 5.41) is 0.580. The van der Waals surface area contributed by atoms with Gasteiger partial charge in [0.2, 0.25) is 0 Å². The summed E-state index contributed by atoms with van der Waals surface area (Å²) in [7, 11) is 0. The number of rotatable bonds is 2. The van der Waals surface area contributed by atoms with Gasteiger partial charge in [-0.25, -0.2) is 9.97 Å². The molecule has 0 radical (unpaired) electrons. The average Bonchev–Trinajstić information content (AvgIpc) is 2.02. The number of aromatic nitrogens is 2. The van der Waals surface area contributed by atoms with E-state index in [0.29, 0.717) is 5.16 Å². The van der Waals surface area contributed by atoms with Crippen LogP contribution in [0.5, 0.6) is 0 Å². The monoisotopic (exact) mass is 217 g/mol. The maximum Gasteiger partial charge on any atom is 0.190 e. The maximum atomic E-state index is 11.0. The highest BCUT2D eigenvalue weighted by atomic mass is 35.5. The second-order valence-electron chi connectivity index (χ2n) is 2.32. The quantitative estimate of drug-likeness (QED) is 0.353. The molecule has 6 heteroatoms. The SMILES string of the molecule is CSc1nc(N)c(C(C)=O)c(Cl)n1. The van der Waals surface area contributed by atoms with Gasteiger partial charge in [-0.2, -0.15) is 0 Å². The van der Waals surface area contributed by atoms with Crippen molar-refractivity contribution in [3.63, 3.8) is 0 Å². The molecule has 0 bridgehead atoms. The maximum absolute atomic E-state index is 11.0. The summed E-state index contributed by atoms with van der Waals surface area (Å²) in [4.78, 5) is 18.8. The number of hydrogen-bond acceptors (Lipinski definition) is 5. The van der Waals surface area contributed by atoms with Gasteiger partial charge in [-0.3, -0.25) is 4.79 Å². The zero-order valence-corrected chi connectivity index (χ0v) is 8.74. The highest BCUT2D eigenvalue weighted by Crippen LogP contribution is 2.22. The molecule has 1 heterocycles. The summed E-state index contributed by atoms with van der Waals surface area (Å²) in [6.07, 6.45) is 1.80. The number of thioether (sulfide) groups is 1. The number of nitrogens with two attached hydrogens (primary N) is 1. The van der Waals surface area contributed by atoms with Crippen LogP contribution in [0.4, 0.5) is 5.82 Å². The Bertz CT molecular complexity index is 333. The summed E-state index contributed by atoms with van der Waals surface area (Å²) in [5.41, 5.74) is 5.72. The highest BCUT2D eigenvalue weighted by molar-refractivity contribution is 7.98. The number of carbonyl (C=O) groups is 1. The van der Waals surface area contributed by atoms with Crippen LogP contribution in [0.25, 0.3) is 0 Å². The third-order valence-corrected chi connectivity index (χ3v) is 2.23. The molecule has 70 valence electrons. The molecule has 0 atom stereocenters. The number of carbonyl (C=O) groups excluding carboxylic acids is 1. The van der Waals surface area contributed by atoms with Crippen molar-refractivity contribution in [3.8, 4) is 0 Å². The molecule has 0 fully saturated rings. The molecule has 0 saturated carbocycles. The van der Waals surface area contributed by atoms with Crippen molar-refractivity contribution in [3.05, 3.63) is 10.7 Å². The lowest BCUT2D eigenvalue weighted by molar-refractivity contribution is 0.101. The van der Waals surface area contributed by atoms with E-state index in [1.807, 2.05) is 0 Å². The molecule has 1 rings (SSSR count). The number of anilines is 1. The van der Waals surface area contributed by atoms with Crippen LogP contribution in [0.15, 0.2) is 5.16 Å². The predicted octanol–water partition coefficient (Wildman–Crippen LogP) is 1.64. The summed E-state index contributed by atoms with van der Waals surface area (Å²) in [6, 6.07) is 0. The van der Waals surface area contributed by atoms with E-state index in [4.69, 9.17) is 17.3 Å². The number of nitrogens with zero attached hydrogens (tertiary/aromatic N) is 2. The smallest absolute Gasteiger partial charge is 0.190 e. The molecule has 1 aromatic rings. The van der Waals surface area contributed by atoms with Crippen LogP contribution >= 0.6 is 23.4 Å². The van der Waals surface area contributed by atoms with Crippen molar-refractivity contribution >= 4 is 35.0 Å². The van der Waals surface area contributed by atoms with E-state index >= 15 is 0 Å². The molecule has 0 aliphatic carbocycles. The Morgan fingerprint density at radius 1 is 1.54 bits per heavy atom. The summed E-state index contributed by atoms with van der Waals surface area (Å²) >= 11 is 7.06. The molecular formula is C7H8ClN3OS. The standard InChI is InChI=1S/C7H8ClN3OS/c1-3(12)4-5(8)10-7(13-2)11-6(4)9/h1-2H3,(H2,9,10,11). The van der Waals surface area contributed by atoms with Crippen LogP contribution < -0.4 is 5.73 Å². The first-order valence-corrected chi connectivity index (χ1v) is 5.04. The number of hydrogen-bond donors (Lipinski definition) is 1. The number of halogens is 1. The second-order valence-corrected chi connectivity index (χ2v) is 3.45. The Labute approximate surface area is 84.9 Å². The molecule has 0 aromatic carbocycles. The van der Waals surface area contributed by atoms with Gasteiger partial charge < -0.3 is 5.73 Å². The van der Waals surface area contributed by atoms with Crippen molar-refractivity contribution in [1.29, 1.82) is 0 Å². The third-order valence-electron chi connectivity index (χ3n) is 1.41. The fourth-order valence-corrected chi connectivity index (χ4v) is 1.58. The van der Waals surface area contributed by atoms with E-state index in [2.05, 4.69) is 9.97 Å². The lowest BCUT2D eigenvalue weighted by Crippen LogP contribution is -2.06. The summed E-state index contributed by atoms with van der Waals surface area (Å²) in [6.45, 7) is 1.37. The molecule has 0 aliphatic heterocycles. The minimum absolute atomic E-state index is 0.115. The minimum Gasteiger partial charge on any atom is -0.383 e. The molecule has 0 amide bonds. The molecular weight excluding hydrogens is 210 g/mol. The Balaban J connectivity index is 3.31. The van der Waals surface area contributed by atoms with E-state index in [9.17, 15) is 4.79 Å². The van der Waals surface area contributed by atoms with Crippen LogP contribution in [0, 0.1) is 0 Å². The van der Waals surface area contributed by atoms with Gasteiger partial charge in [0.05, 0.1) is 5.56 Å². The van der Waals surface area contributed by atoms with Crippen molar-refractivity contribution < 1.29 is 4.79 Å². The number of ketones is 1. The number of Topliss-reactive ketones (excluding diaryl/α,β-unsaturated/α-hetero) is 1. The first kappa shape index (κ1) is 10.3. The highest BCUT2D eigenvalue weighted by Gasteiger charge is 2.13. The molecule has 0 unspecified atom stereocenters. The Morgan fingerprint density at radius 2 is 2.15 bits per heavy atom. The molecule has 0 saturated heterocycles. The molecule has 0 spiro atoms. The summed E-state index contributed by atoms with van der Waals surface area (Å²) in [5.74, 6) is -0.0907. The fraction of sp³-hybridized carbons (Fsp3) is 0.286. The van der Waals surface area contributed by atoms with Crippen LogP contribution in [0.1, 0.15) is 17.3 Å². The molecule has 1 aromatic heterocycles. The van der Waals surface area contributed by atoms with E-state index in [1.54, 1.807) is 6.26 Å². The molecule has 4 nitrogen and oxygen atoms in total. The van der Waals surface area contributed by atoms with Crippen LogP contribution in [-0.2, 0) is 0 Å². The first-order chi connectivity index (χ1) is 6.06. The van der Waals surface area contributed by atoms with Crippen molar-refractivity contribution in [2.75, 3.05) is 12.0 Å². The topological polar surface area (TPSA) is 68.9 Å². The van der Waals surface area contributed by atoms with Gasteiger partial charge >= 0.3 is 0 Å². The van der Waals surface area contributed by atoms with E-state index in [-0.39, 0.29) is 22.3 Å². The lowest BCUT2D eigenvalue weighted by atomic mass is 10.2. The van der Waals surface area contributed by atoms with Gasteiger partial charge in [-0.1, -0.05) is 23.4 Å².